The number of hydrogen-bond acceptors (Lipinski definition) is 5. The van der Waals surface area contributed by atoms with E-state index in [4.69, 9.17) is 5.73 Å². The van der Waals surface area contributed by atoms with Gasteiger partial charge in [-0.05, 0) is 13.0 Å². The SMILES string of the molecule is COC(=O)c1cc(C)n2nc(N)cc2n1. The molecule has 78 valence electrons. The number of carbonyl (C=O) groups is 1. The Balaban J connectivity index is 2.66. The molecule has 0 fully saturated rings. The number of nitrogens with zero attached hydrogens (tertiary/aromatic N) is 3. The number of nitrogen functional groups attached to an aromatic ring is 1. The van der Waals surface area contributed by atoms with E-state index >= 15 is 0 Å². The molecule has 0 spiro atoms. The Bertz CT molecular complexity index is 532. The third kappa shape index (κ3) is 1.50. The number of hydrogen-bond donors (Lipinski definition) is 1. The van der Waals surface area contributed by atoms with E-state index in [0.717, 1.165) is 5.69 Å². The molecule has 2 aromatic heterocycles. The fraction of sp³-hybridized carbons (Fsp3) is 0.222. The highest BCUT2D eigenvalue weighted by atomic mass is 16.5. The number of esters is 1. The number of methoxy groups -OCH3 is 1. The topological polar surface area (TPSA) is 82.5 Å². The van der Waals surface area contributed by atoms with Crippen LogP contribution in [0.1, 0.15) is 16.2 Å². The molecular weight excluding hydrogens is 196 g/mol. The molecule has 0 amide bonds. The maximum atomic E-state index is 11.3. The lowest BCUT2D eigenvalue weighted by Gasteiger charge is -2.01. The molecule has 0 unspecified atom stereocenters. The third-order valence-corrected chi connectivity index (χ3v) is 2.02. The second kappa shape index (κ2) is 3.23. The summed E-state index contributed by atoms with van der Waals surface area (Å²) in [5, 5.41) is 4.02. The third-order valence-electron chi connectivity index (χ3n) is 2.02. The van der Waals surface area contributed by atoms with E-state index in [-0.39, 0.29) is 5.69 Å². The van der Waals surface area contributed by atoms with Crippen LogP contribution in [0, 0.1) is 6.92 Å². The molecule has 2 heterocycles. The van der Waals surface area contributed by atoms with Gasteiger partial charge in [-0.15, -0.1) is 5.10 Å². The Hall–Kier alpha value is -2.11. The number of aryl methyl sites for hydroxylation is 1. The highest BCUT2D eigenvalue weighted by Gasteiger charge is 2.11. The van der Waals surface area contributed by atoms with Crippen LogP contribution in [0.15, 0.2) is 12.1 Å². The number of aromatic nitrogens is 3. The summed E-state index contributed by atoms with van der Waals surface area (Å²) in [6.45, 7) is 1.81. The Morgan fingerprint density at radius 1 is 1.53 bits per heavy atom. The van der Waals surface area contributed by atoms with Crippen molar-refractivity contribution in [1.82, 2.24) is 14.6 Å². The first-order valence-corrected chi connectivity index (χ1v) is 4.33. The van der Waals surface area contributed by atoms with Crippen LogP contribution in [0.3, 0.4) is 0 Å². The fourth-order valence-corrected chi connectivity index (χ4v) is 1.35. The van der Waals surface area contributed by atoms with Gasteiger partial charge in [-0.2, -0.15) is 0 Å². The molecule has 0 aliphatic rings. The van der Waals surface area contributed by atoms with Gasteiger partial charge in [-0.25, -0.2) is 14.3 Å². The van der Waals surface area contributed by atoms with E-state index in [2.05, 4.69) is 14.8 Å². The summed E-state index contributed by atoms with van der Waals surface area (Å²) in [4.78, 5) is 15.3. The van der Waals surface area contributed by atoms with Gasteiger partial charge in [0, 0.05) is 11.8 Å². The minimum absolute atomic E-state index is 0.252. The normalized spacial score (nSPS) is 10.5. The van der Waals surface area contributed by atoms with Crippen molar-refractivity contribution in [3.63, 3.8) is 0 Å². The summed E-state index contributed by atoms with van der Waals surface area (Å²) in [6.07, 6.45) is 0. The van der Waals surface area contributed by atoms with Crippen molar-refractivity contribution in [1.29, 1.82) is 0 Å². The summed E-state index contributed by atoms with van der Waals surface area (Å²) in [5.74, 6) is -0.104. The summed E-state index contributed by atoms with van der Waals surface area (Å²) < 4.78 is 6.16. The molecule has 2 N–H and O–H groups in total. The molecule has 0 aliphatic heterocycles. The molecule has 2 rings (SSSR count). The van der Waals surface area contributed by atoms with E-state index in [0.29, 0.717) is 11.5 Å². The van der Waals surface area contributed by atoms with Crippen LogP contribution in [0.2, 0.25) is 0 Å². The van der Waals surface area contributed by atoms with Gasteiger partial charge in [0.15, 0.2) is 11.3 Å². The molecular formula is C9H10N4O2. The van der Waals surface area contributed by atoms with Crippen LogP contribution in [-0.4, -0.2) is 27.7 Å². The predicted molar refractivity (Wildman–Crippen MR) is 53.5 cm³/mol. The Labute approximate surface area is 85.7 Å². The minimum atomic E-state index is -0.472. The van der Waals surface area contributed by atoms with Gasteiger partial charge in [0.1, 0.15) is 5.82 Å². The van der Waals surface area contributed by atoms with Crippen molar-refractivity contribution < 1.29 is 9.53 Å². The zero-order valence-corrected chi connectivity index (χ0v) is 8.39. The number of ether oxygens (including phenoxy) is 1. The molecule has 0 bridgehead atoms. The first-order chi connectivity index (χ1) is 7.11. The van der Waals surface area contributed by atoms with Crippen molar-refractivity contribution in [2.75, 3.05) is 12.8 Å². The molecule has 0 radical (unpaired) electrons. The quantitative estimate of drug-likeness (QED) is 0.683. The van der Waals surface area contributed by atoms with Crippen LogP contribution in [-0.2, 0) is 4.74 Å². The van der Waals surface area contributed by atoms with Crippen LogP contribution in [0.4, 0.5) is 5.82 Å². The number of carbonyl (C=O) groups excluding carboxylic acids is 1. The molecule has 15 heavy (non-hydrogen) atoms. The Morgan fingerprint density at radius 3 is 2.93 bits per heavy atom. The lowest BCUT2D eigenvalue weighted by Crippen LogP contribution is -2.07. The maximum absolute atomic E-state index is 11.3. The van der Waals surface area contributed by atoms with Gasteiger partial charge in [0.25, 0.3) is 0 Å². The Kier molecular flexibility index (Phi) is 2.03. The second-order valence-electron chi connectivity index (χ2n) is 3.11. The predicted octanol–water partition coefficient (Wildman–Crippen LogP) is 0.407. The summed E-state index contributed by atoms with van der Waals surface area (Å²) in [5.41, 5.74) is 7.09. The molecule has 0 saturated carbocycles. The smallest absolute Gasteiger partial charge is 0.356 e. The number of fused-ring (bicyclic) bond motifs is 1. The standard InChI is InChI=1S/C9H10N4O2/c1-5-3-6(9(14)15-2)11-8-4-7(10)12-13(5)8/h3-4H,1-2H3,(H2,10,12). The highest BCUT2D eigenvalue weighted by molar-refractivity contribution is 5.87. The zero-order chi connectivity index (χ0) is 11.0. The summed E-state index contributed by atoms with van der Waals surface area (Å²) in [7, 11) is 1.31. The average Bonchev–Trinajstić information content (AvgIpc) is 2.58. The maximum Gasteiger partial charge on any atom is 0.356 e. The van der Waals surface area contributed by atoms with Crippen LogP contribution < -0.4 is 5.73 Å². The first kappa shape index (κ1) is 9.45. The lowest BCUT2D eigenvalue weighted by molar-refractivity contribution is 0.0594. The summed E-state index contributed by atoms with van der Waals surface area (Å²) >= 11 is 0. The van der Waals surface area contributed by atoms with E-state index in [9.17, 15) is 4.79 Å². The van der Waals surface area contributed by atoms with Gasteiger partial charge in [0.2, 0.25) is 0 Å². The van der Waals surface area contributed by atoms with Crippen molar-refractivity contribution in [2.24, 2.45) is 0 Å². The minimum Gasteiger partial charge on any atom is -0.464 e. The van der Waals surface area contributed by atoms with Crippen LogP contribution in [0.5, 0.6) is 0 Å². The Morgan fingerprint density at radius 2 is 2.27 bits per heavy atom. The van der Waals surface area contributed by atoms with Crippen molar-refractivity contribution in [3.8, 4) is 0 Å². The van der Waals surface area contributed by atoms with Crippen molar-refractivity contribution in [3.05, 3.63) is 23.5 Å². The van der Waals surface area contributed by atoms with Crippen LogP contribution >= 0.6 is 0 Å². The largest absolute Gasteiger partial charge is 0.464 e. The van der Waals surface area contributed by atoms with E-state index in [1.807, 2.05) is 6.92 Å². The fourth-order valence-electron chi connectivity index (χ4n) is 1.35. The van der Waals surface area contributed by atoms with Gasteiger partial charge in [-0.1, -0.05) is 0 Å². The van der Waals surface area contributed by atoms with Crippen molar-refractivity contribution in [2.45, 2.75) is 6.92 Å². The summed E-state index contributed by atoms with van der Waals surface area (Å²) in [6, 6.07) is 3.20. The molecule has 0 saturated heterocycles. The van der Waals surface area contributed by atoms with E-state index in [1.54, 1.807) is 16.6 Å². The molecule has 2 aromatic rings. The first-order valence-electron chi connectivity index (χ1n) is 4.33. The van der Waals surface area contributed by atoms with E-state index in [1.165, 1.54) is 7.11 Å². The molecule has 0 aliphatic carbocycles. The lowest BCUT2D eigenvalue weighted by atomic mass is 10.3. The molecule has 6 heteroatoms. The second-order valence-corrected chi connectivity index (χ2v) is 3.11. The van der Waals surface area contributed by atoms with Gasteiger partial charge < -0.3 is 10.5 Å². The average molecular weight is 206 g/mol. The number of anilines is 1. The zero-order valence-electron chi connectivity index (χ0n) is 8.39. The highest BCUT2D eigenvalue weighted by Crippen LogP contribution is 2.10. The van der Waals surface area contributed by atoms with Crippen molar-refractivity contribution >= 4 is 17.4 Å². The number of nitrogens with two attached hydrogens (primary N) is 1. The van der Waals surface area contributed by atoms with Gasteiger partial charge in [-0.3, -0.25) is 0 Å². The molecule has 0 aromatic carbocycles. The molecule has 0 atom stereocenters. The monoisotopic (exact) mass is 206 g/mol. The van der Waals surface area contributed by atoms with Gasteiger partial charge in [0.05, 0.1) is 7.11 Å². The van der Waals surface area contributed by atoms with Gasteiger partial charge >= 0.3 is 5.97 Å². The van der Waals surface area contributed by atoms with Crippen LogP contribution in [0.25, 0.3) is 5.65 Å². The van der Waals surface area contributed by atoms with E-state index < -0.39 is 5.97 Å². The number of rotatable bonds is 1. The molecule has 6 nitrogen and oxygen atoms in total.